The van der Waals surface area contributed by atoms with E-state index in [2.05, 4.69) is 0 Å². The van der Waals surface area contributed by atoms with Crippen molar-refractivity contribution >= 4 is 52.6 Å². The summed E-state index contributed by atoms with van der Waals surface area (Å²) < 4.78 is 5.22. The molecule has 0 bridgehead atoms. The molecule has 2 amide bonds. The molecule has 0 aliphatic carbocycles. The van der Waals surface area contributed by atoms with Crippen LogP contribution in [0.1, 0.15) is 27.5 Å². The van der Waals surface area contributed by atoms with Crippen molar-refractivity contribution in [2.24, 2.45) is 11.8 Å². The van der Waals surface area contributed by atoms with Crippen LogP contribution in [0.15, 0.2) is 72.9 Å². The van der Waals surface area contributed by atoms with Gasteiger partial charge in [0.05, 0.1) is 30.7 Å². The third-order valence-corrected chi connectivity index (χ3v) is 7.65. The van der Waals surface area contributed by atoms with E-state index in [9.17, 15) is 14.4 Å². The molecule has 1 unspecified atom stereocenters. The zero-order valence-electron chi connectivity index (χ0n) is 19.1. The standard InChI is InChI=1S/C28H20Cl2N2O4/c1-36-20-8-6-16(7-9-20)26(33)25-23-22(24-21-5-3-2-4-15(21)10-11-31(24)25)27(34)32(28(23)35)19-13-17(29)12-18(30)14-19/h2-14,22-25H,1H3/t22-,23+,24?,25-/m0/s1. The zero-order chi connectivity index (χ0) is 25.1. The van der Waals surface area contributed by atoms with Gasteiger partial charge < -0.3 is 9.64 Å². The van der Waals surface area contributed by atoms with Crippen LogP contribution in [-0.2, 0) is 9.59 Å². The largest absolute Gasteiger partial charge is 0.497 e. The number of anilines is 1. The Hall–Kier alpha value is -3.61. The van der Waals surface area contributed by atoms with Crippen LogP contribution < -0.4 is 9.64 Å². The lowest BCUT2D eigenvalue weighted by Crippen LogP contribution is -2.44. The molecule has 0 saturated carbocycles. The number of hydrogen-bond donors (Lipinski definition) is 0. The molecule has 3 heterocycles. The summed E-state index contributed by atoms with van der Waals surface area (Å²) >= 11 is 12.4. The van der Waals surface area contributed by atoms with Gasteiger partial charge in [-0.05, 0) is 59.7 Å². The number of benzene rings is 3. The lowest BCUT2D eigenvalue weighted by atomic mass is 9.83. The molecule has 0 radical (unpaired) electrons. The van der Waals surface area contributed by atoms with E-state index in [4.69, 9.17) is 27.9 Å². The van der Waals surface area contributed by atoms with Gasteiger partial charge in [0.15, 0.2) is 5.78 Å². The summed E-state index contributed by atoms with van der Waals surface area (Å²) in [7, 11) is 1.55. The minimum absolute atomic E-state index is 0.230. The molecule has 3 aromatic carbocycles. The summed E-state index contributed by atoms with van der Waals surface area (Å²) in [4.78, 5) is 44.8. The summed E-state index contributed by atoms with van der Waals surface area (Å²) in [5, 5.41) is 0.627. The number of amides is 2. The van der Waals surface area contributed by atoms with Crippen molar-refractivity contribution in [1.29, 1.82) is 0 Å². The van der Waals surface area contributed by atoms with Gasteiger partial charge in [-0.3, -0.25) is 14.4 Å². The van der Waals surface area contributed by atoms with E-state index in [1.807, 2.05) is 41.4 Å². The van der Waals surface area contributed by atoms with Gasteiger partial charge in [-0.15, -0.1) is 0 Å². The zero-order valence-corrected chi connectivity index (χ0v) is 20.6. The van der Waals surface area contributed by atoms with Crippen molar-refractivity contribution in [3.8, 4) is 5.75 Å². The molecular formula is C28H20Cl2N2O4. The highest BCUT2D eigenvalue weighted by Gasteiger charge is 2.64. The molecule has 0 aromatic heterocycles. The third-order valence-electron chi connectivity index (χ3n) is 7.21. The molecular weight excluding hydrogens is 499 g/mol. The first kappa shape index (κ1) is 22.8. The van der Waals surface area contributed by atoms with Crippen LogP contribution in [0.25, 0.3) is 6.08 Å². The van der Waals surface area contributed by atoms with E-state index in [1.165, 1.54) is 12.1 Å². The van der Waals surface area contributed by atoms with Gasteiger partial charge in [-0.25, -0.2) is 4.90 Å². The Morgan fingerprint density at radius 3 is 2.25 bits per heavy atom. The van der Waals surface area contributed by atoms with Gasteiger partial charge in [0, 0.05) is 21.8 Å². The molecule has 180 valence electrons. The number of rotatable bonds is 4. The highest BCUT2D eigenvalue weighted by atomic mass is 35.5. The molecule has 0 N–H and O–H groups in total. The summed E-state index contributed by atoms with van der Waals surface area (Å²) in [6.07, 6.45) is 3.75. The Labute approximate surface area is 217 Å². The second-order valence-electron chi connectivity index (χ2n) is 9.07. The minimum atomic E-state index is -0.870. The monoisotopic (exact) mass is 518 g/mol. The van der Waals surface area contributed by atoms with Crippen molar-refractivity contribution in [2.75, 3.05) is 12.0 Å². The number of halogens is 2. The number of hydrogen-bond acceptors (Lipinski definition) is 5. The fourth-order valence-corrected chi connectivity index (χ4v) is 6.22. The number of Topliss-reactive ketones (excluding diaryl/α,β-unsaturated/α-hetero) is 1. The number of carbonyl (C=O) groups is 3. The minimum Gasteiger partial charge on any atom is -0.497 e. The van der Waals surface area contributed by atoms with Gasteiger partial charge in [0.2, 0.25) is 11.8 Å². The van der Waals surface area contributed by atoms with E-state index in [1.54, 1.807) is 37.4 Å². The Bertz CT molecular complexity index is 1430. The van der Waals surface area contributed by atoms with E-state index >= 15 is 0 Å². The van der Waals surface area contributed by atoms with Crippen LogP contribution in [0.2, 0.25) is 10.0 Å². The number of fused-ring (bicyclic) bond motifs is 5. The molecule has 3 aromatic rings. The topological polar surface area (TPSA) is 66.9 Å². The van der Waals surface area contributed by atoms with Crippen molar-refractivity contribution in [3.63, 3.8) is 0 Å². The number of carbonyl (C=O) groups excluding carboxylic acids is 3. The summed E-state index contributed by atoms with van der Waals surface area (Å²) in [5.74, 6) is -2.02. The third kappa shape index (κ3) is 3.36. The Morgan fingerprint density at radius 1 is 0.889 bits per heavy atom. The van der Waals surface area contributed by atoms with Gasteiger partial charge in [0.1, 0.15) is 11.8 Å². The first-order valence-electron chi connectivity index (χ1n) is 11.5. The Morgan fingerprint density at radius 2 is 1.56 bits per heavy atom. The highest BCUT2D eigenvalue weighted by Crippen LogP contribution is 2.54. The Kier molecular flexibility index (Phi) is 5.39. The van der Waals surface area contributed by atoms with Crippen molar-refractivity contribution in [2.45, 2.75) is 12.1 Å². The molecule has 0 spiro atoms. The van der Waals surface area contributed by atoms with Crippen LogP contribution in [0, 0.1) is 11.8 Å². The molecule has 2 fully saturated rings. The van der Waals surface area contributed by atoms with Crippen molar-refractivity contribution in [3.05, 3.63) is 99.7 Å². The summed E-state index contributed by atoms with van der Waals surface area (Å²) in [5.41, 5.74) is 2.61. The van der Waals surface area contributed by atoms with E-state index < -0.39 is 29.8 Å². The molecule has 36 heavy (non-hydrogen) atoms. The number of ether oxygens (including phenoxy) is 1. The predicted octanol–water partition coefficient (Wildman–Crippen LogP) is 5.40. The molecule has 8 heteroatoms. The number of methoxy groups -OCH3 is 1. The number of imide groups is 1. The average Bonchev–Trinajstić information content (AvgIpc) is 3.35. The fourth-order valence-electron chi connectivity index (χ4n) is 5.71. The molecule has 2 saturated heterocycles. The van der Waals surface area contributed by atoms with E-state index in [0.29, 0.717) is 27.0 Å². The lowest BCUT2D eigenvalue weighted by Gasteiger charge is -2.35. The van der Waals surface area contributed by atoms with E-state index in [0.717, 1.165) is 16.0 Å². The molecule has 3 aliphatic rings. The number of nitrogens with zero attached hydrogens (tertiary/aromatic N) is 2. The smallest absolute Gasteiger partial charge is 0.240 e. The maximum absolute atomic E-state index is 13.9. The second kappa shape index (κ2) is 8.50. The molecule has 6 rings (SSSR count). The highest BCUT2D eigenvalue weighted by molar-refractivity contribution is 6.36. The number of ketones is 1. The normalized spacial score (nSPS) is 24.0. The van der Waals surface area contributed by atoms with E-state index in [-0.39, 0.29) is 11.7 Å². The van der Waals surface area contributed by atoms with Crippen LogP contribution in [0.5, 0.6) is 5.75 Å². The van der Waals surface area contributed by atoms with Gasteiger partial charge in [0.25, 0.3) is 0 Å². The maximum atomic E-state index is 13.9. The van der Waals surface area contributed by atoms with Crippen LogP contribution in [0.4, 0.5) is 5.69 Å². The van der Waals surface area contributed by atoms with Gasteiger partial charge in [-0.1, -0.05) is 47.5 Å². The van der Waals surface area contributed by atoms with Crippen molar-refractivity contribution < 1.29 is 19.1 Å². The fraction of sp³-hybridized carbons (Fsp3) is 0.179. The average molecular weight is 519 g/mol. The molecule has 3 aliphatic heterocycles. The summed E-state index contributed by atoms with van der Waals surface area (Å²) in [6.45, 7) is 0. The maximum Gasteiger partial charge on any atom is 0.240 e. The van der Waals surface area contributed by atoms with Crippen molar-refractivity contribution in [1.82, 2.24) is 4.90 Å². The van der Waals surface area contributed by atoms with Crippen LogP contribution >= 0.6 is 23.2 Å². The summed E-state index contributed by atoms with van der Waals surface area (Å²) in [6, 6.07) is 17.8. The van der Waals surface area contributed by atoms with Crippen LogP contribution in [-0.4, -0.2) is 35.6 Å². The van der Waals surface area contributed by atoms with Gasteiger partial charge in [-0.2, -0.15) is 0 Å². The van der Waals surface area contributed by atoms with Crippen LogP contribution in [0.3, 0.4) is 0 Å². The lowest BCUT2D eigenvalue weighted by molar-refractivity contribution is -0.123. The first-order valence-corrected chi connectivity index (χ1v) is 12.2. The predicted molar refractivity (Wildman–Crippen MR) is 137 cm³/mol. The first-order chi connectivity index (χ1) is 17.4. The second-order valence-corrected chi connectivity index (χ2v) is 9.94. The molecule has 6 nitrogen and oxygen atoms in total. The molecule has 4 atom stereocenters. The van der Waals surface area contributed by atoms with Gasteiger partial charge >= 0.3 is 0 Å². The SMILES string of the molecule is COc1ccc(C(=O)[C@@H]2[C@@H]3C(=O)N(c4cc(Cl)cc(Cl)c4)C(=O)[C@@H]3C3c4ccccc4C=CN32)cc1. The quantitative estimate of drug-likeness (QED) is 0.341. The Balaban J connectivity index is 1.49.